The molecule has 11 heteroatoms. The maximum Gasteiger partial charge on any atom is 0.323 e. The molecular weight excluding hydrogens is 426 g/mol. The van der Waals surface area contributed by atoms with Crippen LogP contribution in [-0.2, 0) is 35.4 Å². The lowest BCUT2D eigenvalue weighted by molar-refractivity contribution is -0.240. The second-order valence-corrected chi connectivity index (χ2v) is 9.36. The number of hydrogen-bond acceptors (Lipinski definition) is 8. The van der Waals surface area contributed by atoms with Crippen LogP contribution in [0.25, 0.3) is 0 Å². The summed E-state index contributed by atoms with van der Waals surface area (Å²) in [5, 5.41) is -0.0771. The molecule has 0 unspecified atom stereocenters. The number of nitrogens with zero attached hydrogens (tertiary/aromatic N) is 1. The molecule has 1 aliphatic heterocycles. The Balaban J connectivity index is 1.93. The second kappa shape index (κ2) is 7.34. The zero-order valence-electron chi connectivity index (χ0n) is 15.8. The van der Waals surface area contributed by atoms with E-state index >= 15 is 0 Å². The Bertz CT molecular complexity index is 1080. The lowest BCUT2D eigenvalue weighted by atomic mass is 10.0. The summed E-state index contributed by atoms with van der Waals surface area (Å²) in [5.74, 6) is -4.95. The number of carbonyl (C=O) groups excluding carboxylic acids is 3. The van der Waals surface area contributed by atoms with E-state index in [0.29, 0.717) is 0 Å². The summed E-state index contributed by atoms with van der Waals surface area (Å²) in [6.07, 6.45) is 2.09. The number of esters is 2. The van der Waals surface area contributed by atoms with E-state index in [1.165, 1.54) is 42.9 Å². The average Bonchev–Trinajstić information content (AvgIpc) is 3.18. The van der Waals surface area contributed by atoms with Crippen LogP contribution >= 0.6 is 11.6 Å². The van der Waals surface area contributed by atoms with E-state index in [1.807, 2.05) is 0 Å². The van der Waals surface area contributed by atoms with Gasteiger partial charge >= 0.3 is 11.9 Å². The molecule has 0 atom stereocenters. The Morgan fingerprint density at radius 1 is 1.17 bits per heavy atom. The molecule has 3 rings (SSSR count). The van der Waals surface area contributed by atoms with Crippen LogP contribution in [0.4, 0.5) is 0 Å². The van der Waals surface area contributed by atoms with E-state index in [9.17, 15) is 22.8 Å². The molecule has 0 aromatic carbocycles. The molecule has 0 saturated carbocycles. The summed E-state index contributed by atoms with van der Waals surface area (Å²) in [5.41, 5.74) is -0.0138. The second-order valence-electron chi connectivity index (χ2n) is 6.99. The van der Waals surface area contributed by atoms with E-state index in [1.54, 1.807) is 0 Å². The van der Waals surface area contributed by atoms with E-state index in [0.717, 1.165) is 6.26 Å². The summed E-state index contributed by atoms with van der Waals surface area (Å²) in [4.78, 5) is 37.1. The van der Waals surface area contributed by atoms with Crippen LogP contribution in [0.15, 0.2) is 33.9 Å². The van der Waals surface area contributed by atoms with Gasteiger partial charge in [-0.3, -0.25) is 14.4 Å². The number of aromatic nitrogens is 1. The lowest BCUT2D eigenvalue weighted by Gasteiger charge is -2.33. The predicted octanol–water partition coefficient (Wildman–Crippen LogP) is 2.21. The van der Waals surface area contributed by atoms with Crippen molar-refractivity contribution in [3.63, 3.8) is 0 Å². The minimum absolute atomic E-state index is 0.0138. The van der Waals surface area contributed by atoms with E-state index in [2.05, 4.69) is 0 Å². The van der Waals surface area contributed by atoms with E-state index in [-0.39, 0.29) is 34.5 Å². The molecular formula is C18H18ClNO8S. The lowest BCUT2D eigenvalue weighted by Crippen LogP contribution is -2.46. The molecule has 1 aliphatic rings. The molecule has 3 heterocycles. The van der Waals surface area contributed by atoms with Crippen molar-refractivity contribution in [2.24, 2.45) is 5.92 Å². The zero-order chi connectivity index (χ0) is 21.6. The van der Waals surface area contributed by atoms with Gasteiger partial charge in [0.25, 0.3) is 5.79 Å². The Morgan fingerprint density at radius 2 is 1.79 bits per heavy atom. The molecule has 0 N–H and O–H groups in total. The summed E-state index contributed by atoms with van der Waals surface area (Å²) >= 11 is 5.93. The summed E-state index contributed by atoms with van der Waals surface area (Å²) in [6, 6.07) is 3.97. The van der Waals surface area contributed by atoms with Crippen LogP contribution in [-0.4, -0.2) is 42.7 Å². The van der Waals surface area contributed by atoms with Crippen molar-refractivity contribution in [2.45, 2.75) is 37.6 Å². The SMILES string of the molecule is CC1(C)OC(=O)C(CCn2c(C(=O)c3occc3Cl)ccc2S(C)(=O)=O)C(=O)O1. The molecule has 0 amide bonds. The quantitative estimate of drug-likeness (QED) is 0.378. The van der Waals surface area contributed by atoms with Gasteiger partial charge in [0.15, 0.2) is 21.5 Å². The molecule has 156 valence electrons. The van der Waals surface area contributed by atoms with Gasteiger partial charge in [-0.1, -0.05) is 11.6 Å². The number of halogens is 1. The first-order chi connectivity index (χ1) is 13.4. The molecule has 9 nitrogen and oxygen atoms in total. The molecule has 1 fully saturated rings. The van der Waals surface area contributed by atoms with Gasteiger partial charge in [0.1, 0.15) is 5.03 Å². The Morgan fingerprint density at radius 3 is 2.31 bits per heavy atom. The first-order valence-corrected chi connectivity index (χ1v) is 10.8. The van der Waals surface area contributed by atoms with Crippen LogP contribution in [0.1, 0.15) is 36.5 Å². The highest BCUT2D eigenvalue weighted by molar-refractivity contribution is 7.90. The fourth-order valence-electron chi connectivity index (χ4n) is 3.01. The van der Waals surface area contributed by atoms with E-state index in [4.69, 9.17) is 25.5 Å². The van der Waals surface area contributed by atoms with Crippen molar-refractivity contribution in [1.82, 2.24) is 4.57 Å². The molecule has 0 radical (unpaired) electrons. The van der Waals surface area contributed by atoms with Crippen molar-refractivity contribution < 1.29 is 36.7 Å². The van der Waals surface area contributed by atoms with Gasteiger partial charge in [0, 0.05) is 26.6 Å². The van der Waals surface area contributed by atoms with Crippen LogP contribution in [0.5, 0.6) is 0 Å². The number of furan rings is 1. The molecule has 1 saturated heterocycles. The van der Waals surface area contributed by atoms with Crippen LogP contribution in [0.3, 0.4) is 0 Å². The fourth-order valence-corrected chi connectivity index (χ4v) is 4.10. The first kappa shape index (κ1) is 21.1. The third-order valence-corrected chi connectivity index (χ3v) is 5.69. The summed E-state index contributed by atoms with van der Waals surface area (Å²) in [6.45, 7) is 2.72. The third-order valence-electron chi connectivity index (χ3n) is 4.28. The molecule has 29 heavy (non-hydrogen) atoms. The van der Waals surface area contributed by atoms with Crippen molar-refractivity contribution in [2.75, 3.05) is 6.26 Å². The molecule has 0 bridgehead atoms. The van der Waals surface area contributed by atoms with Gasteiger partial charge in [0.2, 0.25) is 5.78 Å². The van der Waals surface area contributed by atoms with E-state index < -0.39 is 39.3 Å². The van der Waals surface area contributed by atoms with Crippen LogP contribution in [0.2, 0.25) is 5.02 Å². The molecule has 0 spiro atoms. The molecule has 2 aromatic rings. The van der Waals surface area contributed by atoms with Gasteiger partial charge < -0.3 is 18.5 Å². The van der Waals surface area contributed by atoms with Gasteiger partial charge in [-0.25, -0.2) is 8.42 Å². The van der Waals surface area contributed by atoms with Crippen molar-refractivity contribution in [1.29, 1.82) is 0 Å². The highest BCUT2D eigenvalue weighted by Crippen LogP contribution is 2.28. The monoisotopic (exact) mass is 443 g/mol. The smallest absolute Gasteiger partial charge is 0.323 e. The van der Waals surface area contributed by atoms with Crippen molar-refractivity contribution >= 4 is 39.2 Å². The Hall–Kier alpha value is -2.59. The maximum atomic E-state index is 12.8. The number of ether oxygens (including phenoxy) is 2. The Kier molecular flexibility index (Phi) is 5.35. The normalized spacial score (nSPS) is 17.1. The minimum Gasteiger partial charge on any atom is -0.459 e. The van der Waals surface area contributed by atoms with Gasteiger partial charge in [-0.2, -0.15) is 0 Å². The number of carbonyl (C=O) groups is 3. The maximum absolute atomic E-state index is 12.8. The minimum atomic E-state index is -3.71. The topological polar surface area (TPSA) is 122 Å². The van der Waals surface area contributed by atoms with Crippen molar-refractivity contribution in [3.05, 3.63) is 40.9 Å². The average molecular weight is 444 g/mol. The third kappa shape index (κ3) is 4.23. The van der Waals surface area contributed by atoms with Gasteiger partial charge in [-0.05, 0) is 24.6 Å². The largest absolute Gasteiger partial charge is 0.459 e. The fraction of sp³-hybridized carbons (Fsp3) is 0.389. The zero-order valence-corrected chi connectivity index (χ0v) is 17.4. The van der Waals surface area contributed by atoms with Gasteiger partial charge in [-0.15, -0.1) is 0 Å². The van der Waals surface area contributed by atoms with Crippen LogP contribution in [0, 0.1) is 5.92 Å². The number of rotatable bonds is 6. The highest BCUT2D eigenvalue weighted by atomic mass is 35.5. The van der Waals surface area contributed by atoms with Crippen molar-refractivity contribution in [3.8, 4) is 0 Å². The molecule has 2 aromatic heterocycles. The number of sulfone groups is 1. The molecule has 0 aliphatic carbocycles. The number of cyclic esters (lactones) is 2. The standard InChI is InChI=1S/C18H18ClNO8S/c1-18(2)27-16(22)10(17(23)28-18)6-8-20-12(4-5-13(20)29(3,24)25)14(21)15-11(19)7-9-26-15/h4-5,7,9-10H,6,8H2,1-3H3. The first-order valence-electron chi connectivity index (χ1n) is 8.54. The summed E-state index contributed by atoms with van der Waals surface area (Å²) in [7, 11) is -3.71. The number of ketones is 1. The van der Waals surface area contributed by atoms with Crippen LogP contribution < -0.4 is 0 Å². The summed E-state index contributed by atoms with van der Waals surface area (Å²) < 4.78 is 40.7. The van der Waals surface area contributed by atoms with Gasteiger partial charge in [0.05, 0.1) is 17.0 Å². The Labute approximate surface area is 171 Å². The number of hydrogen-bond donors (Lipinski definition) is 0. The highest BCUT2D eigenvalue weighted by Gasteiger charge is 2.43. The predicted molar refractivity (Wildman–Crippen MR) is 99.1 cm³/mol.